The van der Waals surface area contributed by atoms with Crippen molar-refractivity contribution in [1.29, 1.82) is 0 Å². The number of aliphatic hydroxyl groups is 1. The summed E-state index contributed by atoms with van der Waals surface area (Å²) in [4.78, 5) is 144. The van der Waals surface area contributed by atoms with Crippen LogP contribution in [0, 0.1) is 18.8 Å². The molecule has 1 saturated carbocycles. The van der Waals surface area contributed by atoms with Gasteiger partial charge in [-0.1, -0.05) is 38.8 Å². The maximum Gasteiger partial charge on any atom is 0.306 e. The molecule has 2 aliphatic heterocycles. The molecule has 7 aromatic heterocycles. The summed E-state index contributed by atoms with van der Waals surface area (Å²) in [7, 11) is 0. The number of nitrogens with zero attached hydrogens (tertiary/aromatic N) is 8. The molecule has 24 nitrogen and oxygen atoms in total. The number of amides is 6. The molecule has 10 bridgehead atoms. The van der Waals surface area contributed by atoms with Crippen LogP contribution in [0.15, 0.2) is 63.3 Å². The molecular weight excluding hydrogens is 1280 g/mol. The average molecular weight is 1350 g/mol. The lowest BCUT2D eigenvalue weighted by Crippen LogP contribution is -2.50. The van der Waals surface area contributed by atoms with E-state index >= 15 is 4.79 Å². The van der Waals surface area contributed by atoms with Gasteiger partial charge in [0, 0.05) is 81.7 Å². The Bertz CT molecular complexity index is 4030. The molecule has 3 aliphatic rings. The topological polar surface area (TPSA) is 354 Å². The Morgan fingerprint density at radius 3 is 2.18 bits per heavy atom. The predicted octanol–water partition coefficient (Wildman–Crippen LogP) is 8.25. The number of fused-ring (bicyclic) bond motifs is 16. The van der Waals surface area contributed by atoms with Gasteiger partial charge in [-0.05, 0) is 68.9 Å². The number of carboxylic acids is 1. The molecule has 8 aromatic rings. The van der Waals surface area contributed by atoms with E-state index in [1.807, 2.05) is 12.3 Å². The Morgan fingerprint density at radius 1 is 0.725 bits per heavy atom. The van der Waals surface area contributed by atoms with Crippen LogP contribution in [0.2, 0.25) is 0 Å². The Morgan fingerprint density at radius 2 is 1.42 bits per heavy atom. The Labute approximate surface area is 545 Å². The fraction of sp³-hybridized carbons (Fsp3) is 0.393. The molecule has 11 rings (SSSR count). The van der Waals surface area contributed by atoms with Crippen molar-refractivity contribution in [3.8, 4) is 49.1 Å². The number of benzene rings is 1. The minimum atomic E-state index is -1.18. The molecule has 8 N–H and O–H groups in total. The second kappa shape index (κ2) is 28.6. The Kier molecular flexibility index (Phi) is 20.2. The monoisotopic (exact) mass is 1350 g/mol. The number of primary amides is 1. The summed E-state index contributed by atoms with van der Waals surface area (Å²) < 4.78 is 5.77. The van der Waals surface area contributed by atoms with E-state index in [9.17, 15) is 43.8 Å². The molecule has 1 aliphatic carbocycles. The number of pyridine rings is 1. The Balaban J connectivity index is 0.927. The van der Waals surface area contributed by atoms with Gasteiger partial charge in [0.25, 0.3) is 23.6 Å². The van der Waals surface area contributed by atoms with Crippen LogP contribution in [-0.4, -0.2) is 135 Å². The van der Waals surface area contributed by atoms with Crippen molar-refractivity contribution in [3.05, 3.63) is 112 Å². The molecular formula is C61H63N13O11S6. The van der Waals surface area contributed by atoms with Crippen molar-refractivity contribution in [2.24, 2.45) is 17.6 Å². The molecule has 1 aromatic carbocycles. The minimum Gasteiger partial charge on any atom is -0.484 e. The number of carbonyl (C=O) groups excluding carboxylic acids is 7. The molecule has 0 spiro atoms. The largest absolute Gasteiger partial charge is 0.484 e. The summed E-state index contributed by atoms with van der Waals surface area (Å²) in [5.41, 5.74) is 8.86. The van der Waals surface area contributed by atoms with E-state index < -0.39 is 71.6 Å². The number of nitrogens with one attached hydrogen (secondary N) is 4. The summed E-state index contributed by atoms with van der Waals surface area (Å²) in [5.74, 6) is -4.82. The first-order chi connectivity index (χ1) is 43.8. The zero-order valence-electron chi connectivity index (χ0n) is 49.5. The molecule has 474 valence electrons. The summed E-state index contributed by atoms with van der Waals surface area (Å²) in [6.07, 6.45) is 3.69. The van der Waals surface area contributed by atoms with Gasteiger partial charge in [-0.15, -0.1) is 68.0 Å². The van der Waals surface area contributed by atoms with E-state index in [0.717, 1.165) is 41.9 Å². The molecule has 6 amide bonds. The second-order valence-corrected chi connectivity index (χ2v) is 28.1. The number of rotatable bonds is 15. The number of aliphatic hydroxyl groups excluding tert-OH is 1. The van der Waals surface area contributed by atoms with Crippen molar-refractivity contribution in [3.63, 3.8) is 0 Å². The normalized spacial score (nSPS) is 20.5. The lowest BCUT2D eigenvalue weighted by molar-refractivity contribution is -0.143. The van der Waals surface area contributed by atoms with Crippen LogP contribution in [0.1, 0.15) is 151 Å². The van der Waals surface area contributed by atoms with Crippen LogP contribution < -0.4 is 31.7 Å². The highest BCUT2D eigenvalue weighted by Gasteiger charge is 2.45. The lowest BCUT2D eigenvalue weighted by atomic mass is 9.86. The zero-order valence-corrected chi connectivity index (χ0v) is 54.4. The van der Waals surface area contributed by atoms with Gasteiger partial charge in [-0.25, -0.2) is 34.9 Å². The number of thiazole rings is 6. The number of nitrogens with two attached hydrogens (primary N) is 1. The maximum absolute atomic E-state index is 15.2. The van der Waals surface area contributed by atoms with Gasteiger partial charge < -0.3 is 46.9 Å². The summed E-state index contributed by atoms with van der Waals surface area (Å²) >= 11 is 7.25. The van der Waals surface area contributed by atoms with Gasteiger partial charge in [0.1, 0.15) is 76.7 Å². The number of carbonyl (C=O) groups is 8. The van der Waals surface area contributed by atoms with Gasteiger partial charge in [-0.2, -0.15) is 0 Å². The van der Waals surface area contributed by atoms with Crippen LogP contribution in [0.4, 0.5) is 0 Å². The van der Waals surface area contributed by atoms with Crippen molar-refractivity contribution < 1.29 is 53.3 Å². The molecule has 1 saturated heterocycles. The fourth-order valence-electron chi connectivity index (χ4n) is 11.0. The van der Waals surface area contributed by atoms with Gasteiger partial charge >= 0.3 is 5.97 Å². The van der Waals surface area contributed by atoms with E-state index in [2.05, 4.69) is 43.1 Å². The van der Waals surface area contributed by atoms with Crippen LogP contribution in [0.5, 0.6) is 5.75 Å². The smallest absolute Gasteiger partial charge is 0.306 e. The predicted molar refractivity (Wildman–Crippen MR) is 344 cm³/mol. The zero-order chi connectivity index (χ0) is 64.0. The van der Waals surface area contributed by atoms with Crippen molar-refractivity contribution in [1.82, 2.24) is 61.1 Å². The van der Waals surface area contributed by atoms with E-state index in [4.69, 9.17) is 30.4 Å². The van der Waals surface area contributed by atoms with Gasteiger partial charge in [0.05, 0.1) is 41.2 Å². The van der Waals surface area contributed by atoms with Crippen molar-refractivity contribution >= 4 is 115 Å². The maximum atomic E-state index is 15.2. The van der Waals surface area contributed by atoms with Crippen LogP contribution in [-0.2, 0) is 32.0 Å². The number of aliphatic carboxylic acids is 1. The average Bonchev–Trinajstić information content (AvgIpc) is 1.67. The second-order valence-electron chi connectivity index (χ2n) is 22.4. The number of aryl methyl sites for hydroxylation is 2. The third-order valence-corrected chi connectivity index (χ3v) is 21.5. The number of hydrogen-bond acceptors (Lipinski definition) is 23. The van der Waals surface area contributed by atoms with Crippen LogP contribution in [0.3, 0.4) is 0 Å². The minimum absolute atomic E-state index is 0.0107. The fourth-order valence-corrected chi connectivity index (χ4v) is 16.2. The molecule has 91 heavy (non-hydrogen) atoms. The summed E-state index contributed by atoms with van der Waals surface area (Å²) in [6.45, 7) is 5.94. The number of unbranched alkanes of at least 4 members (excludes halogenated alkanes) is 2. The summed E-state index contributed by atoms with van der Waals surface area (Å²) in [6, 6.07) is 7.24. The molecule has 30 heteroatoms. The first-order valence-electron chi connectivity index (χ1n) is 29.6. The highest BCUT2D eigenvalue weighted by molar-refractivity contribution is 7.15. The molecule has 5 atom stereocenters. The highest BCUT2D eigenvalue weighted by atomic mass is 32.1. The van der Waals surface area contributed by atoms with Gasteiger partial charge in [0.2, 0.25) is 11.8 Å². The van der Waals surface area contributed by atoms with E-state index in [0.29, 0.717) is 102 Å². The third kappa shape index (κ3) is 15.1. The molecule has 0 radical (unpaired) electrons. The number of aromatic nitrogens is 7. The quantitative estimate of drug-likeness (QED) is 0.0475. The number of Topliss-reactive ketones (excluding diaryl/α,β-unsaturated/α-hetero) is 1. The SMILES string of the molecule is CCCCCNC(=O)COc1ccc(C[C@@H]2NC(=O)c3csc(n3)CCC(=O)c3nc(sc3C)[C@H](CC(N)=O)NC(=O)c3csc(n3)-c3ccc(-c4nc(C(=O)NC5CCC(C(=O)O)CC5)cs4)nc3-c3csc(n3)-c3csc(n3)[C@@H]3[C@@H](C)[C@@H](O)CN3C2=O)cc1. The highest BCUT2D eigenvalue weighted by Crippen LogP contribution is 2.43. The molecule has 9 heterocycles. The van der Waals surface area contributed by atoms with E-state index in [-0.39, 0.29) is 84.4 Å². The van der Waals surface area contributed by atoms with Crippen molar-refractivity contribution in [2.75, 3.05) is 19.7 Å². The third-order valence-electron chi connectivity index (χ3n) is 16.0. The van der Waals surface area contributed by atoms with E-state index in [1.165, 1.54) is 45.3 Å². The molecule has 0 unspecified atom stereocenters. The summed E-state index contributed by atoms with van der Waals surface area (Å²) in [5, 5.41) is 43.6. The lowest BCUT2D eigenvalue weighted by Gasteiger charge is -2.29. The van der Waals surface area contributed by atoms with Gasteiger partial charge in [-0.3, -0.25) is 38.4 Å². The number of hydrogen-bond donors (Lipinski definition) is 7. The Hall–Kier alpha value is -8.13. The van der Waals surface area contributed by atoms with E-state index in [1.54, 1.807) is 69.7 Å². The number of carboxylic acid groups (broad SMARTS) is 1. The first kappa shape index (κ1) is 64.4. The van der Waals surface area contributed by atoms with Gasteiger partial charge in [0.15, 0.2) is 12.4 Å². The molecule has 2 fully saturated rings. The first-order valence-corrected chi connectivity index (χ1v) is 34.8. The van der Waals surface area contributed by atoms with Crippen molar-refractivity contribution in [2.45, 2.75) is 122 Å². The number of ether oxygens (including phenoxy) is 1. The van der Waals surface area contributed by atoms with Crippen LogP contribution in [0.25, 0.3) is 43.4 Å². The number of ketones is 1. The standard InChI is InChI=1S/C61H63N13O11S6/c1-4-5-6-19-63-47(78)23-85-34-13-7-31(8-14-34)20-38-60(82)74-22-45(76)29(2)51(74)59-72-43(28-90-59)57-69-39(24-88-57)50-35(15-16-36(66-50)56-71-41(27-89-56)52(79)64-33-11-9-32(10-12-33)61(83)84)55-70-42(26-87-55)54(81)67-37(21-46(62)77)58-73-49(30(3)91-58)44(75)17-18-48-65-40(25-86-48)53(80)68-38/h7-8,13-16,24-29,32-33,37-38,45,51,76H,4-6,9-12,17-23H2,1-3H3,(H2,62,77)(H,63,78)(H,64,79)(H,67,81)(H,68,80)(H,83,84)/t29-,32?,33?,37-,38-,45-,51-/m0/s1. The van der Waals surface area contributed by atoms with Crippen LogP contribution >= 0.6 is 68.0 Å².